The standard InChI is InChI=1S/C21H28N2O3S/c1-15-11-12-16(2)19(14-15)23(27(5,25)26)13-7-10-20(24)22-21-17(3)8-6-9-18(21)4/h6,8-9,11-12,14H,7,10,13H2,1-5H3,(H,22,24). The molecule has 0 spiro atoms. The summed E-state index contributed by atoms with van der Waals surface area (Å²) in [6.07, 6.45) is 1.90. The van der Waals surface area contributed by atoms with E-state index in [-0.39, 0.29) is 18.9 Å². The van der Waals surface area contributed by atoms with Gasteiger partial charge >= 0.3 is 0 Å². The Bertz CT molecular complexity index is 916. The van der Waals surface area contributed by atoms with Crippen LogP contribution in [0, 0.1) is 27.7 Å². The van der Waals surface area contributed by atoms with Gasteiger partial charge in [0.2, 0.25) is 15.9 Å². The number of aryl methyl sites for hydroxylation is 4. The predicted octanol–water partition coefficient (Wildman–Crippen LogP) is 4.11. The van der Waals surface area contributed by atoms with Gasteiger partial charge in [0, 0.05) is 18.7 Å². The predicted molar refractivity (Wildman–Crippen MR) is 112 cm³/mol. The zero-order valence-corrected chi connectivity index (χ0v) is 17.5. The summed E-state index contributed by atoms with van der Waals surface area (Å²) >= 11 is 0. The molecular formula is C21H28N2O3S. The molecule has 0 saturated carbocycles. The lowest BCUT2D eigenvalue weighted by Gasteiger charge is -2.24. The molecule has 2 aromatic rings. The zero-order valence-electron chi connectivity index (χ0n) is 16.7. The fourth-order valence-electron chi connectivity index (χ4n) is 3.05. The van der Waals surface area contributed by atoms with Gasteiger partial charge in [-0.2, -0.15) is 0 Å². The Hall–Kier alpha value is -2.34. The van der Waals surface area contributed by atoms with Gasteiger partial charge < -0.3 is 5.32 Å². The number of benzene rings is 2. The van der Waals surface area contributed by atoms with E-state index in [2.05, 4.69) is 5.32 Å². The maximum absolute atomic E-state index is 12.3. The topological polar surface area (TPSA) is 66.5 Å². The van der Waals surface area contributed by atoms with Crippen molar-refractivity contribution in [2.24, 2.45) is 0 Å². The van der Waals surface area contributed by atoms with E-state index in [1.807, 2.05) is 64.1 Å². The average Bonchev–Trinajstić information content (AvgIpc) is 2.56. The smallest absolute Gasteiger partial charge is 0.232 e. The SMILES string of the molecule is Cc1ccc(C)c(N(CCCC(=O)Nc2c(C)cccc2C)S(C)(=O)=O)c1. The second-order valence-corrected chi connectivity index (χ2v) is 8.95. The van der Waals surface area contributed by atoms with Gasteiger partial charge in [-0.1, -0.05) is 30.3 Å². The number of amides is 1. The van der Waals surface area contributed by atoms with Crippen molar-refractivity contribution >= 4 is 27.3 Å². The summed E-state index contributed by atoms with van der Waals surface area (Å²) in [4.78, 5) is 12.3. The number of sulfonamides is 1. The number of hydrogen-bond donors (Lipinski definition) is 1. The molecule has 0 fully saturated rings. The second-order valence-electron chi connectivity index (χ2n) is 7.04. The summed E-state index contributed by atoms with van der Waals surface area (Å²) < 4.78 is 25.9. The van der Waals surface area contributed by atoms with Crippen molar-refractivity contribution in [3.63, 3.8) is 0 Å². The van der Waals surface area contributed by atoms with Gasteiger partial charge in [0.25, 0.3) is 0 Å². The minimum atomic E-state index is -3.43. The van der Waals surface area contributed by atoms with Crippen molar-refractivity contribution in [1.29, 1.82) is 0 Å². The van der Waals surface area contributed by atoms with Crippen LogP contribution in [0.3, 0.4) is 0 Å². The summed E-state index contributed by atoms with van der Waals surface area (Å²) in [5.74, 6) is -0.109. The molecule has 0 bridgehead atoms. The first-order valence-electron chi connectivity index (χ1n) is 9.00. The highest BCUT2D eigenvalue weighted by Crippen LogP contribution is 2.25. The third kappa shape index (κ3) is 5.57. The van der Waals surface area contributed by atoms with Gasteiger partial charge in [-0.25, -0.2) is 8.42 Å². The van der Waals surface area contributed by atoms with E-state index in [1.54, 1.807) is 0 Å². The number of carbonyl (C=O) groups excluding carboxylic acids is 1. The van der Waals surface area contributed by atoms with Gasteiger partial charge in [0.1, 0.15) is 0 Å². The highest BCUT2D eigenvalue weighted by Gasteiger charge is 2.19. The van der Waals surface area contributed by atoms with Crippen LogP contribution in [-0.4, -0.2) is 27.1 Å². The minimum absolute atomic E-state index is 0.109. The van der Waals surface area contributed by atoms with Crippen molar-refractivity contribution < 1.29 is 13.2 Å². The number of rotatable bonds is 7. The molecule has 0 aliphatic rings. The molecule has 0 atom stereocenters. The number of carbonyl (C=O) groups is 1. The highest BCUT2D eigenvalue weighted by molar-refractivity contribution is 7.92. The highest BCUT2D eigenvalue weighted by atomic mass is 32.2. The van der Waals surface area contributed by atoms with Gasteiger partial charge in [-0.3, -0.25) is 9.10 Å². The number of hydrogen-bond acceptors (Lipinski definition) is 3. The Kier molecular flexibility index (Phi) is 6.65. The monoisotopic (exact) mass is 388 g/mol. The molecule has 1 N–H and O–H groups in total. The molecule has 0 aromatic heterocycles. The summed E-state index contributed by atoms with van der Waals surface area (Å²) in [5, 5.41) is 2.94. The van der Waals surface area contributed by atoms with Crippen molar-refractivity contribution in [3.8, 4) is 0 Å². The maximum Gasteiger partial charge on any atom is 0.232 e. The quantitative estimate of drug-likeness (QED) is 0.776. The van der Waals surface area contributed by atoms with Crippen molar-refractivity contribution in [2.75, 3.05) is 22.4 Å². The van der Waals surface area contributed by atoms with Crippen LogP contribution in [0.15, 0.2) is 36.4 Å². The first-order valence-corrected chi connectivity index (χ1v) is 10.9. The third-order valence-electron chi connectivity index (χ3n) is 4.54. The Morgan fingerprint density at radius 1 is 1.00 bits per heavy atom. The number of nitrogens with one attached hydrogen (secondary N) is 1. The van der Waals surface area contributed by atoms with E-state index >= 15 is 0 Å². The van der Waals surface area contributed by atoms with Crippen LogP contribution in [-0.2, 0) is 14.8 Å². The van der Waals surface area contributed by atoms with Crippen LogP contribution in [0.2, 0.25) is 0 Å². The van der Waals surface area contributed by atoms with Crippen LogP contribution in [0.1, 0.15) is 35.1 Å². The van der Waals surface area contributed by atoms with E-state index in [9.17, 15) is 13.2 Å². The Morgan fingerprint density at radius 2 is 1.63 bits per heavy atom. The van der Waals surface area contributed by atoms with E-state index in [1.165, 1.54) is 10.6 Å². The van der Waals surface area contributed by atoms with E-state index in [4.69, 9.17) is 0 Å². The Labute approximate surface area is 162 Å². The molecule has 0 radical (unpaired) electrons. The van der Waals surface area contributed by atoms with Gasteiger partial charge in [0.15, 0.2) is 0 Å². The van der Waals surface area contributed by atoms with E-state index < -0.39 is 10.0 Å². The van der Waals surface area contributed by atoms with Crippen LogP contribution >= 0.6 is 0 Å². The van der Waals surface area contributed by atoms with Gasteiger partial charge in [0.05, 0.1) is 11.9 Å². The fourth-order valence-corrected chi connectivity index (χ4v) is 4.06. The average molecular weight is 389 g/mol. The summed E-state index contributed by atoms with van der Waals surface area (Å²) in [5.41, 5.74) is 5.42. The molecule has 27 heavy (non-hydrogen) atoms. The number of anilines is 2. The van der Waals surface area contributed by atoms with Crippen molar-refractivity contribution in [3.05, 3.63) is 58.7 Å². The summed E-state index contributed by atoms with van der Waals surface area (Å²) in [6, 6.07) is 11.6. The molecule has 2 aromatic carbocycles. The lowest BCUT2D eigenvalue weighted by atomic mass is 10.1. The second kappa shape index (κ2) is 8.57. The van der Waals surface area contributed by atoms with Crippen LogP contribution < -0.4 is 9.62 Å². The molecule has 0 saturated heterocycles. The maximum atomic E-state index is 12.3. The molecule has 5 nitrogen and oxygen atoms in total. The Morgan fingerprint density at radius 3 is 2.22 bits per heavy atom. The van der Waals surface area contributed by atoms with E-state index in [0.717, 1.165) is 27.9 Å². The van der Waals surface area contributed by atoms with Crippen LogP contribution in [0.5, 0.6) is 0 Å². The molecule has 0 unspecified atom stereocenters. The first-order chi connectivity index (χ1) is 12.6. The lowest BCUT2D eigenvalue weighted by molar-refractivity contribution is -0.116. The van der Waals surface area contributed by atoms with Crippen LogP contribution in [0.25, 0.3) is 0 Å². The first kappa shape index (κ1) is 21.0. The fraction of sp³-hybridized carbons (Fsp3) is 0.381. The minimum Gasteiger partial charge on any atom is -0.326 e. The molecule has 6 heteroatoms. The van der Waals surface area contributed by atoms with Crippen molar-refractivity contribution in [1.82, 2.24) is 0 Å². The molecular weight excluding hydrogens is 360 g/mol. The zero-order chi connectivity index (χ0) is 20.2. The molecule has 0 aliphatic heterocycles. The van der Waals surface area contributed by atoms with Gasteiger partial charge in [-0.15, -0.1) is 0 Å². The largest absolute Gasteiger partial charge is 0.326 e. The summed E-state index contributed by atoms with van der Waals surface area (Å²) in [6.45, 7) is 7.99. The van der Waals surface area contributed by atoms with Gasteiger partial charge in [-0.05, 0) is 62.4 Å². The van der Waals surface area contributed by atoms with Crippen LogP contribution in [0.4, 0.5) is 11.4 Å². The number of para-hydroxylation sites is 1. The Balaban J connectivity index is 2.06. The normalized spacial score (nSPS) is 11.3. The molecule has 146 valence electrons. The molecule has 1 amide bonds. The molecule has 0 heterocycles. The third-order valence-corrected chi connectivity index (χ3v) is 5.72. The number of nitrogens with zero attached hydrogens (tertiary/aromatic N) is 1. The lowest BCUT2D eigenvalue weighted by Crippen LogP contribution is -2.32. The van der Waals surface area contributed by atoms with Crippen molar-refractivity contribution in [2.45, 2.75) is 40.5 Å². The molecule has 0 aliphatic carbocycles. The summed E-state index contributed by atoms with van der Waals surface area (Å²) in [7, 11) is -3.43. The van der Waals surface area contributed by atoms with E-state index in [0.29, 0.717) is 12.1 Å². The molecule has 2 rings (SSSR count).